The number of carboxylic acid groups (broad SMARTS) is 1. The molecule has 0 aliphatic heterocycles. The van der Waals surface area contributed by atoms with Gasteiger partial charge in [0.25, 0.3) is 0 Å². The molecule has 9 heavy (non-hydrogen) atoms. The van der Waals surface area contributed by atoms with Crippen molar-refractivity contribution in [3.63, 3.8) is 0 Å². The fraction of sp³-hybridized carbons (Fsp3) is 0.400. The number of hydrogen-bond donors (Lipinski definition) is 1. The highest BCUT2D eigenvalue weighted by atomic mass is 79.9. The Kier molecular flexibility index (Phi) is 4.13. The Hall–Kier alpha value is -0.510. The maximum Gasteiger partial charge on any atom is 0.505 e. The molecule has 0 aromatic carbocycles. The zero-order valence-electron chi connectivity index (χ0n) is 4.71. The summed E-state index contributed by atoms with van der Waals surface area (Å²) in [7, 11) is 0. The van der Waals surface area contributed by atoms with Gasteiger partial charge in [-0.3, -0.25) is 0 Å². The molecule has 0 aliphatic rings. The van der Waals surface area contributed by atoms with Crippen molar-refractivity contribution in [2.75, 3.05) is 6.61 Å². The van der Waals surface area contributed by atoms with Crippen LogP contribution in [-0.2, 0) is 4.74 Å². The van der Waals surface area contributed by atoms with Crippen LogP contribution in [0.5, 0.6) is 0 Å². The first-order valence-electron chi connectivity index (χ1n) is 2.29. The predicted octanol–water partition coefficient (Wildman–Crippen LogP) is 1.63. The number of rotatable bonds is 3. The summed E-state index contributed by atoms with van der Waals surface area (Å²) in [6.07, 6.45) is 0.296. The van der Waals surface area contributed by atoms with E-state index in [1.54, 1.807) is 6.08 Å². The second kappa shape index (κ2) is 4.38. The number of hydrogen-bond acceptors (Lipinski definition) is 2. The van der Waals surface area contributed by atoms with Crippen LogP contribution in [0.3, 0.4) is 0 Å². The molecule has 52 valence electrons. The smallest absolute Gasteiger partial charge is 0.450 e. The second-order valence-corrected chi connectivity index (χ2v) is 2.50. The first-order valence-corrected chi connectivity index (χ1v) is 3.20. The van der Waals surface area contributed by atoms with Crippen LogP contribution in [0.4, 0.5) is 4.79 Å². The van der Waals surface area contributed by atoms with Crippen molar-refractivity contribution in [1.82, 2.24) is 0 Å². The molecule has 0 heterocycles. The minimum atomic E-state index is -1.26. The standard InChI is InChI=1S/C5H7BrO3/c1-2-4(6)3-9-5(7)8/h2,4H,1,3H2,(H,7,8). The molecule has 0 saturated carbocycles. The van der Waals surface area contributed by atoms with E-state index in [4.69, 9.17) is 5.11 Å². The van der Waals surface area contributed by atoms with Crippen LogP contribution in [-0.4, -0.2) is 22.7 Å². The molecule has 0 amide bonds. The normalized spacial score (nSPS) is 12.1. The number of halogens is 1. The van der Waals surface area contributed by atoms with Gasteiger partial charge in [-0.05, 0) is 0 Å². The number of carbonyl (C=O) groups is 1. The van der Waals surface area contributed by atoms with Gasteiger partial charge in [0.15, 0.2) is 0 Å². The molecular weight excluding hydrogens is 188 g/mol. The van der Waals surface area contributed by atoms with Crippen molar-refractivity contribution in [3.8, 4) is 0 Å². The lowest BCUT2D eigenvalue weighted by molar-refractivity contribution is 0.0946. The largest absolute Gasteiger partial charge is 0.505 e. The zero-order chi connectivity index (χ0) is 7.28. The fourth-order valence-corrected chi connectivity index (χ4v) is 0.351. The van der Waals surface area contributed by atoms with Crippen LogP contribution in [0.1, 0.15) is 0 Å². The molecule has 0 spiro atoms. The highest BCUT2D eigenvalue weighted by Gasteiger charge is 2.00. The van der Waals surface area contributed by atoms with Gasteiger partial charge in [0, 0.05) is 0 Å². The van der Waals surface area contributed by atoms with Crippen molar-refractivity contribution in [2.24, 2.45) is 0 Å². The highest BCUT2D eigenvalue weighted by Crippen LogP contribution is 1.99. The first-order chi connectivity index (χ1) is 4.16. The van der Waals surface area contributed by atoms with Crippen molar-refractivity contribution in [3.05, 3.63) is 12.7 Å². The summed E-state index contributed by atoms with van der Waals surface area (Å²) in [6, 6.07) is 0. The van der Waals surface area contributed by atoms with E-state index in [0.29, 0.717) is 0 Å². The maximum atomic E-state index is 9.74. The third kappa shape index (κ3) is 5.36. The lowest BCUT2D eigenvalue weighted by Gasteiger charge is -2.00. The van der Waals surface area contributed by atoms with E-state index in [1.807, 2.05) is 0 Å². The molecule has 1 N–H and O–H groups in total. The SMILES string of the molecule is C=CC(Br)COC(=O)O. The van der Waals surface area contributed by atoms with Crippen LogP contribution >= 0.6 is 15.9 Å². The topological polar surface area (TPSA) is 46.5 Å². The minimum Gasteiger partial charge on any atom is -0.450 e. The molecule has 4 heteroatoms. The highest BCUT2D eigenvalue weighted by molar-refractivity contribution is 9.09. The Labute approximate surface area is 61.4 Å². The van der Waals surface area contributed by atoms with Crippen molar-refractivity contribution < 1.29 is 14.6 Å². The average molecular weight is 195 g/mol. The van der Waals surface area contributed by atoms with Crippen molar-refractivity contribution in [2.45, 2.75) is 4.83 Å². The zero-order valence-corrected chi connectivity index (χ0v) is 6.30. The van der Waals surface area contributed by atoms with Gasteiger partial charge in [-0.2, -0.15) is 0 Å². The molecule has 1 unspecified atom stereocenters. The Bertz CT molecular complexity index is 113. The lowest BCUT2D eigenvalue weighted by atomic mass is 10.5. The Morgan fingerprint density at radius 3 is 2.89 bits per heavy atom. The fourth-order valence-electron chi connectivity index (χ4n) is 0.219. The van der Waals surface area contributed by atoms with E-state index in [1.165, 1.54) is 0 Å². The molecule has 3 nitrogen and oxygen atoms in total. The van der Waals surface area contributed by atoms with E-state index in [-0.39, 0.29) is 11.4 Å². The summed E-state index contributed by atoms with van der Waals surface area (Å²) in [5, 5.41) is 7.98. The predicted molar refractivity (Wildman–Crippen MR) is 36.9 cm³/mol. The third-order valence-electron chi connectivity index (χ3n) is 0.622. The molecule has 1 atom stereocenters. The van der Waals surface area contributed by atoms with E-state index < -0.39 is 6.16 Å². The Balaban J connectivity index is 3.26. The van der Waals surface area contributed by atoms with Crippen LogP contribution < -0.4 is 0 Å². The van der Waals surface area contributed by atoms with Gasteiger partial charge < -0.3 is 9.84 Å². The van der Waals surface area contributed by atoms with Gasteiger partial charge in [0.05, 0.1) is 4.83 Å². The van der Waals surface area contributed by atoms with Crippen LogP contribution in [0.25, 0.3) is 0 Å². The van der Waals surface area contributed by atoms with Crippen molar-refractivity contribution in [1.29, 1.82) is 0 Å². The average Bonchev–Trinajstić information content (AvgIpc) is 1.83. The number of alkyl halides is 1. The Morgan fingerprint density at radius 2 is 2.56 bits per heavy atom. The molecule has 0 aromatic heterocycles. The molecule has 0 bridgehead atoms. The van der Waals surface area contributed by atoms with Gasteiger partial charge in [-0.15, -0.1) is 6.58 Å². The summed E-state index contributed by atoms with van der Waals surface area (Å²) >= 11 is 3.10. The summed E-state index contributed by atoms with van der Waals surface area (Å²) < 4.78 is 4.19. The van der Waals surface area contributed by atoms with E-state index in [0.717, 1.165) is 0 Å². The van der Waals surface area contributed by atoms with Gasteiger partial charge in [-0.25, -0.2) is 4.79 Å². The van der Waals surface area contributed by atoms with Gasteiger partial charge in [-0.1, -0.05) is 22.0 Å². The van der Waals surface area contributed by atoms with Crippen LogP contribution in [0, 0.1) is 0 Å². The third-order valence-corrected chi connectivity index (χ3v) is 1.26. The van der Waals surface area contributed by atoms with Gasteiger partial charge >= 0.3 is 6.16 Å². The van der Waals surface area contributed by atoms with Gasteiger partial charge in [0.1, 0.15) is 6.61 Å². The molecule has 0 radical (unpaired) electrons. The summed E-state index contributed by atoms with van der Waals surface area (Å²) in [5.74, 6) is 0. The summed E-state index contributed by atoms with van der Waals surface area (Å²) in [6.45, 7) is 3.53. The monoisotopic (exact) mass is 194 g/mol. The van der Waals surface area contributed by atoms with Crippen molar-refractivity contribution >= 4 is 22.1 Å². The van der Waals surface area contributed by atoms with Gasteiger partial charge in [0.2, 0.25) is 0 Å². The molecule has 0 fully saturated rings. The second-order valence-electron chi connectivity index (χ2n) is 1.33. The van der Waals surface area contributed by atoms with E-state index in [9.17, 15) is 4.79 Å². The van der Waals surface area contributed by atoms with Crippen LogP contribution in [0.2, 0.25) is 0 Å². The molecule has 0 saturated heterocycles. The van der Waals surface area contributed by atoms with E-state index in [2.05, 4.69) is 27.2 Å². The summed E-state index contributed by atoms with van der Waals surface area (Å²) in [5.41, 5.74) is 0. The molecule has 0 aliphatic carbocycles. The molecule has 0 rings (SSSR count). The maximum absolute atomic E-state index is 9.74. The summed E-state index contributed by atoms with van der Waals surface area (Å²) in [4.78, 5) is 9.65. The number of ether oxygens (including phenoxy) is 1. The molecular formula is C5H7BrO3. The van der Waals surface area contributed by atoms with Crippen LogP contribution in [0.15, 0.2) is 12.7 Å². The van der Waals surface area contributed by atoms with E-state index >= 15 is 0 Å². The lowest BCUT2D eigenvalue weighted by Crippen LogP contribution is -2.09. The quantitative estimate of drug-likeness (QED) is 0.422. The minimum absolute atomic E-state index is 0.0893. The first kappa shape index (κ1) is 8.49. The molecule has 0 aromatic rings. The Morgan fingerprint density at radius 1 is 2.00 bits per heavy atom.